The van der Waals surface area contributed by atoms with Crippen molar-refractivity contribution in [1.29, 1.82) is 0 Å². The molecule has 12 heteroatoms. The van der Waals surface area contributed by atoms with Gasteiger partial charge in [0.15, 0.2) is 5.82 Å². The normalized spacial score (nSPS) is 10.7. The molecule has 0 spiro atoms. The molecular formula is C29H28N8O2S2. The molecule has 4 aromatic heterocycles. The van der Waals surface area contributed by atoms with E-state index in [0.29, 0.717) is 35.2 Å². The van der Waals surface area contributed by atoms with Crippen LogP contribution in [0.5, 0.6) is 0 Å². The minimum atomic E-state index is -0.611. The van der Waals surface area contributed by atoms with Crippen molar-refractivity contribution in [3.63, 3.8) is 0 Å². The topological polar surface area (TPSA) is 121 Å². The molecule has 0 amide bonds. The van der Waals surface area contributed by atoms with Gasteiger partial charge >= 0.3 is 6.09 Å². The Morgan fingerprint density at radius 3 is 2.54 bits per heavy atom. The Hall–Kier alpha value is -4.47. The van der Waals surface area contributed by atoms with E-state index in [4.69, 9.17) is 4.74 Å². The Bertz CT molecular complexity index is 1720. The molecule has 0 saturated carbocycles. The molecule has 10 nitrogen and oxygen atoms in total. The first-order valence-corrected chi connectivity index (χ1v) is 14.1. The monoisotopic (exact) mass is 584 g/mol. The van der Waals surface area contributed by atoms with E-state index in [9.17, 15) is 4.79 Å². The van der Waals surface area contributed by atoms with Crippen LogP contribution in [0.3, 0.4) is 0 Å². The number of nitrogens with zero attached hydrogens (tertiary/aromatic N) is 7. The quantitative estimate of drug-likeness (QED) is 0.142. The Morgan fingerprint density at radius 2 is 1.78 bits per heavy atom. The van der Waals surface area contributed by atoms with Crippen LogP contribution in [-0.4, -0.2) is 46.4 Å². The molecule has 1 aromatic carbocycles. The van der Waals surface area contributed by atoms with Crippen LogP contribution < -0.4 is 5.32 Å². The van der Waals surface area contributed by atoms with Crippen LogP contribution >= 0.6 is 23.3 Å². The molecular weight excluding hydrogens is 557 g/mol. The maximum absolute atomic E-state index is 12.4. The van der Waals surface area contributed by atoms with E-state index in [1.165, 1.54) is 4.68 Å². The van der Waals surface area contributed by atoms with Crippen molar-refractivity contribution in [2.45, 2.75) is 39.8 Å². The van der Waals surface area contributed by atoms with E-state index in [1.54, 1.807) is 36.8 Å². The SMILES string of the molecule is Cc1ccc(CNc2nccc(-c3nccc(C#Cc4ccc5c(cnn5C(=O)OC(C)(C)C)c4)n3)n2)nc1.SS. The van der Waals surface area contributed by atoms with Gasteiger partial charge in [0.2, 0.25) is 5.95 Å². The highest BCUT2D eigenvalue weighted by Gasteiger charge is 2.20. The molecule has 1 N–H and O–H groups in total. The molecule has 0 aliphatic carbocycles. The van der Waals surface area contributed by atoms with Crippen LogP contribution in [0.1, 0.15) is 43.3 Å². The molecule has 0 fully saturated rings. The zero-order chi connectivity index (χ0) is 29.4. The summed E-state index contributed by atoms with van der Waals surface area (Å²) in [4.78, 5) is 34.6. The number of carbonyl (C=O) groups is 1. The molecule has 0 radical (unpaired) electrons. The molecule has 0 atom stereocenters. The number of anilines is 1. The summed E-state index contributed by atoms with van der Waals surface area (Å²) in [6.07, 6.45) is 6.21. The second-order valence-corrected chi connectivity index (χ2v) is 9.77. The molecule has 5 aromatic rings. The molecule has 5 rings (SSSR count). The Balaban J connectivity index is 0.00000189. The van der Waals surface area contributed by atoms with Gasteiger partial charge in [-0.05, 0) is 75.6 Å². The maximum Gasteiger partial charge on any atom is 0.435 e. The van der Waals surface area contributed by atoms with Crippen molar-refractivity contribution >= 4 is 46.3 Å². The van der Waals surface area contributed by atoms with Crippen molar-refractivity contribution in [2.75, 3.05) is 5.32 Å². The fourth-order valence-corrected chi connectivity index (χ4v) is 3.59. The van der Waals surface area contributed by atoms with E-state index >= 15 is 0 Å². The van der Waals surface area contributed by atoms with Crippen molar-refractivity contribution in [1.82, 2.24) is 34.7 Å². The number of aryl methyl sites for hydroxylation is 1. The van der Waals surface area contributed by atoms with Crippen LogP contribution in [0.25, 0.3) is 22.4 Å². The Labute approximate surface area is 248 Å². The summed E-state index contributed by atoms with van der Waals surface area (Å²) < 4.78 is 6.67. The number of rotatable bonds is 4. The minimum Gasteiger partial charge on any atom is -0.442 e. The number of pyridine rings is 1. The van der Waals surface area contributed by atoms with Gasteiger partial charge in [0.1, 0.15) is 17.0 Å². The smallest absolute Gasteiger partial charge is 0.435 e. The second-order valence-electron chi connectivity index (χ2n) is 9.77. The average Bonchev–Trinajstić information content (AvgIpc) is 3.40. The lowest BCUT2D eigenvalue weighted by molar-refractivity contribution is 0.0522. The summed E-state index contributed by atoms with van der Waals surface area (Å²) in [5.41, 5.74) is 3.89. The van der Waals surface area contributed by atoms with E-state index < -0.39 is 11.7 Å². The first-order chi connectivity index (χ1) is 19.7. The second kappa shape index (κ2) is 13.3. The van der Waals surface area contributed by atoms with Gasteiger partial charge in [-0.3, -0.25) is 4.98 Å². The van der Waals surface area contributed by atoms with Gasteiger partial charge in [0.25, 0.3) is 0 Å². The number of ether oxygens (including phenoxy) is 1. The zero-order valence-electron chi connectivity index (χ0n) is 22.9. The third-order valence-electron chi connectivity index (χ3n) is 5.41. The number of fused-ring (bicyclic) bond motifs is 1. The summed E-state index contributed by atoms with van der Waals surface area (Å²) in [5, 5.41) is 8.14. The number of hydrogen-bond acceptors (Lipinski definition) is 11. The van der Waals surface area contributed by atoms with Crippen molar-refractivity contribution in [2.24, 2.45) is 0 Å². The standard InChI is InChI=1S/C29H26N8O2.H2S2/c1-19-5-8-23(32-16-19)18-33-27-31-14-12-24(36-27)26-30-13-11-22(35-26)9-6-20-7-10-25-21(15-20)17-34-37(25)28(38)39-29(2,3)4;1-2/h5,7-8,10-17H,18H2,1-4H3,(H,31,33,36);1-2H. The Kier molecular flexibility index (Phi) is 9.54. The van der Waals surface area contributed by atoms with Gasteiger partial charge in [-0.15, -0.1) is 23.3 Å². The van der Waals surface area contributed by atoms with E-state index in [2.05, 4.69) is 70.5 Å². The van der Waals surface area contributed by atoms with Crippen LogP contribution in [0, 0.1) is 18.8 Å². The highest BCUT2D eigenvalue weighted by Crippen LogP contribution is 2.18. The summed E-state index contributed by atoms with van der Waals surface area (Å²) in [6.45, 7) is 7.93. The predicted molar refractivity (Wildman–Crippen MR) is 165 cm³/mol. The van der Waals surface area contributed by atoms with E-state index in [-0.39, 0.29) is 0 Å². The lowest BCUT2D eigenvalue weighted by atomic mass is 10.1. The lowest BCUT2D eigenvalue weighted by Gasteiger charge is -2.19. The summed E-state index contributed by atoms with van der Waals surface area (Å²) in [5.74, 6) is 7.09. The zero-order valence-corrected chi connectivity index (χ0v) is 24.7. The van der Waals surface area contributed by atoms with Crippen LogP contribution in [0.4, 0.5) is 10.7 Å². The van der Waals surface area contributed by atoms with Crippen molar-refractivity contribution in [3.05, 3.63) is 89.8 Å². The van der Waals surface area contributed by atoms with Gasteiger partial charge in [0, 0.05) is 29.5 Å². The lowest BCUT2D eigenvalue weighted by Crippen LogP contribution is -2.27. The number of thiol groups is 2. The van der Waals surface area contributed by atoms with Gasteiger partial charge in [-0.2, -0.15) is 9.78 Å². The maximum atomic E-state index is 12.4. The molecule has 0 aliphatic rings. The summed E-state index contributed by atoms with van der Waals surface area (Å²) in [7, 11) is 0. The molecule has 4 heterocycles. The fraction of sp³-hybridized carbons (Fsp3) is 0.207. The van der Waals surface area contributed by atoms with Gasteiger partial charge in [-0.1, -0.05) is 12.0 Å². The van der Waals surface area contributed by atoms with Gasteiger partial charge in [0.05, 0.1) is 24.0 Å². The van der Waals surface area contributed by atoms with Crippen molar-refractivity contribution < 1.29 is 9.53 Å². The average molecular weight is 585 g/mol. The van der Waals surface area contributed by atoms with Crippen LogP contribution in [0.2, 0.25) is 0 Å². The molecule has 41 heavy (non-hydrogen) atoms. The van der Waals surface area contributed by atoms with Gasteiger partial charge < -0.3 is 10.1 Å². The van der Waals surface area contributed by atoms with Gasteiger partial charge in [-0.25, -0.2) is 24.7 Å². The molecule has 208 valence electrons. The van der Waals surface area contributed by atoms with E-state index in [1.807, 2.05) is 58.2 Å². The highest BCUT2D eigenvalue weighted by molar-refractivity contribution is 8.59. The van der Waals surface area contributed by atoms with E-state index in [0.717, 1.165) is 22.2 Å². The van der Waals surface area contributed by atoms with Crippen molar-refractivity contribution in [3.8, 4) is 23.4 Å². The number of nitrogens with one attached hydrogen (secondary N) is 1. The first-order valence-electron chi connectivity index (χ1n) is 12.5. The Morgan fingerprint density at radius 1 is 0.976 bits per heavy atom. The molecule has 0 aliphatic heterocycles. The third kappa shape index (κ3) is 8.03. The highest BCUT2D eigenvalue weighted by atomic mass is 33.1. The summed E-state index contributed by atoms with van der Waals surface area (Å²) >= 11 is 6.44. The first kappa shape index (κ1) is 29.5. The number of aromatic nitrogens is 7. The van der Waals surface area contributed by atoms with Crippen LogP contribution in [0.15, 0.2) is 67.3 Å². The number of hydrogen-bond donors (Lipinski definition) is 3. The molecule has 0 saturated heterocycles. The third-order valence-corrected chi connectivity index (χ3v) is 5.41. The molecule has 0 unspecified atom stereocenters. The largest absolute Gasteiger partial charge is 0.442 e. The fourth-order valence-electron chi connectivity index (χ4n) is 3.59. The number of carbonyl (C=O) groups excluding carboxylic acids is 1. The molecule has 0 bridgehead atoms. The minimum absolute atomic E-state index is 0.440. The number of benzene rings is 1. The van der Waals surface area contributed by atoms with Crippen LogP contribution in [-0.2, 0) is 11.3 Å². The summed E-state index contributed by atoms with van der Waals surface area (Å²) in [6, 6.07) is 12.9. The predicted octanol–water partition coefficient (Wildman–Crippen LogP) is 5.54.